The van der Waals surface area contributed by atoms with Crippen LogP contribution in [0.5, 0.6) is 0 Å². The van der Waals surface area contributed by atoms with Gasteiger partial charge in [-0.25, -0.2) is 4.98 Å². The van der Waals surface area contributed by atoms with Gasteiger partial charge in [-0.2, -0.15) is 4.98 Å². The lowest BCUT2D eigenvalue weighted by atomic mass is 10.2. The monoisotopic (exact) mass is 290 g/mol. The van der Waals surface area contributed by atoms with Gasteiger partial charge in [0, 0.05) is 23.8 Å². The summed E-state index contributed by atoms with van der Waals surface area (Å²) in [7, 11) is 0. The lowest BCUT2D eigenvalue weighted by Crippen LogP contribution is -2.16. The van der Waals surface area contributed by atoms with Crippen LogP contribution in [0, 0.1) is 0 Å². The van der Waals surface area contributed by atoms with E-state index in [2.05, 4.69) is 34.4 Å². The molecule has 1 heterocycles. The predicted octanol–water partition coefficient (Wildman–Crippen LogP) is 3.95. The summed E-state index contributed by atoms with van der Waals surface area (Å²) in [4.78, 5) is 8.65. The first kappa shape index (κ1) is 14.6. The zero-order valence-corrected chi connectivity index (χ0v) is 12.5. The van der Waals surface area contributed by atoms with Gasteiger partial charge in [-0.15, -0.1) is 0 Å². The van der Waals surface area contributed by atoms with Crippen LogP contribution in [0.2, 0.25) is 5.02 Å². The molecule has 20 heavy (non-hydrogen) atoms. The highest BCUT2D eigenvalue weighted by atomic mass is 35.5. The number of halogens is 1. The Morgan fingerprint density at radius 1 is 1.20 bits per heavy atom. The first-order valence-electron chi connectivity index (χ1n) is 6.75. The quantitative estimate of drug-likeness (QED) is 0.846. The lowest BCUT2D eigenvalue weighted by molar-refractivity contribution is 0.753. The van der Waals surface area contributed by atoms with Gasteiger partial charge in [0.1, 0.15) is 5.82 Å². The van der Waals surface area contributed by atoms with Crippen LogP contribution in [0.4, 0.5) is 11.8 Å². The summed E-state index contributed by atoms with van der Waals surface area (Å²) >= 11 is 5.86. The van der Waals surface area contributed by atoms with Crippen LogP contribution in [-0.4, -0.2) is 16.0 Å². The molecule has 2 aromatic rings. The van der Waals surface area contributed by atoms with Crippen molar-refractivity contribution in [2.75, 3.05) is 10.6 Å². The molecule has 0 fully saturated rings. The number of anilines is 2. The molecule has 0 bridgehead atoms. The van der Waals surface area contributed by atoms with Gasteiger partial charge in [0.25, 0.3) is 0 Å². The maximum absolute atomic E-state index is 5.86. The molecule has 4 nitrogen and oxygen atoms in total. The topological polar surface area (TPSA) is 49.8 Å². The number of hydrogen-bond acceptors (Lipinski definition) is 4. The molecular formula is C15H19ClN4. The minimum absolute atomic E-state index is 0.363. The Labute approximate surface area is 124 Å². The third-order valence-electron chi connectivity index (χ3n) is 3.03. The number of aromatic nitrogens is 2. The Bertz CT molecular complexity index is 542. The van der Waals surface area contributed by atoms with Crippen LogP contribution < -0.4 is 10.6 Å². The van der Waals surface area contributed by atoms with Crippen molar-refractivity contribution in [3.8, 4) is 0 Å². The summed E-state index contributed by atoms with van der Waals surface area (Å²) in [6.07, 6.45) is 2.79. The largest absolute Gasteiger partial charge is 0.366 e. The SMILES string of the molecule is CCC(C)Nc1nccc(NCc2ccc(Cl)cc2)n1. The fraction of sp³-hybridized carbons (Fsp3) is 0.333. The number of hydrogen-bond donors (Lipinski definition) is 2. The molecule has 0 amide bonds. The van der Waals surface area contributed by atoms with Crippen LogP contribution in [-0.2, 0) is 6.54 Å². The molecule has 1 aromatic carbocycles. The van der Waals surface area contributed by atoms with Gasteiger partial charge < -0.3 is 10.6 Å². The molecule has 0 aliphatic rings. The molecule has 1 atom stereocenters. The van der Waals surface area contributed by atoms with E-state index in [1.807, 2.05) is 30.3 Å². The Morgan fingerprint density at radius 2 is 1.95 bits per heavy atom. The van der Waals surface area contributed by atoms with Gasteiger partial charge >= 0.3 is 0 Å². The highest BCUT2D eigenvalue weighted by molar-refractivity contribution is 6.30. The van der Waals surface area contributed by atoms with E-state index in [9.17, 15) is 0 Å². The van der Waals surface area contributed by atoms with Gasteiger partial charge in [0.2, 0.25) is 5.95 Å². The Kier molecular flexibility index (Phi) is 5.18. The second-order valence-electron chi connectivity index (χ2n) is 4.70. The van der Waals surface area contributed by atoms with Crippen molar-refractivity contribution in [1.29, 1.82) is 0 Å². The Hall–Kier alpha value is -1.81. The fourth-order valence-electron chi connectivity index (χ4n) is 1.64. The van der Waals surface area contributed by atoms with Gasteiger partial charge in [-0.3, -0.25) is 0 Å². The van der Waals surface area contributed by atoms with Crippen molar-refractivity contribution in [3.63, 3.8) is 0 Å². The number of nitrogens with one attached hydrogen (secondary N) is 2. The van der Waals surface area contributed by atoms with E-state index < -0.39 is 0 Å². The second-order valence-corrected chi connectivity index (χ2v) is 5.14. The zero-order valence-electron chi connectivity index (χ0n) is 11.7. The summed E-state index contributed by atoms with van der Waals surface area (Å²) in [5.41, 5.74) is 1.16. The zero-order chi connectivity index (χ0) is 14.4. The van der Waals surface area contributed by atoms with Crippen molar-refractivity contribution in [1.82, 2.24) is 9.97 Å². The van der Waals surface area contributed by atoms with E-state index in [1.165, 1.54) is 0 Å². The molecule has 2 rings (SSSR count). The number of benzene rings is 1. The van der Waals surface area contributed by atoms with Crippen LogP contribution in [0.15, 0.2) is 36.5 Å². The molecule has 5 heteroatoms. The standard InChI is InChI=1S/C15H19ClN4/c1-3-11(2)19-15-17-9-8-14(20-15)18-10-12-4-6-13(16)7-5-12/h4-9,11H,3,10H2,1-2H3,(H2,17,18,19,20). The first-order valence-corrected chi connectivity index (χ1v) is 7.13. The molecule has 1 unspecified atom stereocenters. The van der Waals surface area contributed by atoms with Crippen molar-refractivity contribution in [2.24, 2.45) is 0 Å². The molecular weight excluding hydrogens is 272 g/mol. The minimum atomic E-state index is 0.363. The minimum Gasteiger partial charge on any atom is -0.366 e. The molecule has 0 aliphatic heterocycles. The maximum atomic E-state index is 5.86. The first-order chi connectivity index (χ1) is 9.67. The molecule has 0 saturated carbocycles. The molecule has 0 radical (unpaired) electrons. The smallest absolute Gasteiger partial charge is 0.224 e. The maximum Gasteiger partial charge on any atom is 0.224 e. The summed E-state index contributed by atoms with van der Waals surface area (Å²) in [5, 5.41) is 7.28. The average molecular weight is 291 g/mol. The van der Waals surface area contributed by atoms with Gasteiger partial charge in [0.15, 0.2) is 0 Å². The van der Waals surface area contributed by atoms with E-state index >= 15 is 0 Å². The van der Waals surface area contributed by atoms with Crippen LogP contribution >= 0.6 is 11.6 Å². The van der Waals surface area contributed by atoms with Crippen LogP contribution in [0.3, 0.4) is 0 Å². The van der Waals surface area contributed by atoms with Crippen molar-refractivity contribution >= 4 is 23.4 Å². The highest BCUT2D eigenvalue weighted by Crippen LogP contribution is 2.12. The third-order valence-corrected chi connectivity index (χ3v) is 3.28. The fourth-order valence-corrected chi connectivity index (χ4v) is 1.77. The average Bonchev–Trinajstić information content (AvgIpc) is 2.47. The highest BCUT2D eigenvalue weighted by Gasteiger charge is 2.02. The van der Waals surface area contributed by atoms with Gasteiger partial charge in [0.05, 0.1) is 0 Å². The Balaban J connectivity index is 1.95. The third kappa shape index (κ3) is 4.38. The van der Waals surface area contributed by atoms with E-state index in [4.69, 9.17) is 11.6 Å². The lowest BCUT2D eigenvalue weighted by Gasteiger charge is -2.12. The molecule has 2 N–H and O–H groups in total. The van der Waals surface area contributed by atoms with Gasteiger partial charge in [-0.1, -0.05) is 30.7 Å². The summed E-state index contributed by atoms with van der Waals surface area (Å²) in [6.45, 7) is 4.94. The van der Waals surface area contributed by atoms with E-state index in [-0.39, 0.29) is 0 Å². The molecule has 0 aliphatic carbocycles. The summed E-state index contributed by atoms with van der Waals surface area (Å²) < 4.78 is 0. The van der Waals surface area contributed by atoms with E-state index in [1.54, 1.807) is 6.20 Å². The van der Waals surface area contributed by atoms with Crippen molar-refractivity contribution < 1.29 is 0 Å². The molecule has 0 spiro atoms. The van der Waals surface area contributed by atoms with Crippen molar-refractivity contribution in [2.45, 2.75) is 32.9 Å². The van der Waals surface area contributed by atoms with Crippen molar-refractivity contribution in [3.05, 3.63) is 47.1 Å². The van der Waals surface area contributed by atoms with E-state index in [0.717, 1.165) is 22.8 Å². The molecule has 106 valence electrons. The van der Waals surface area contributed by atoms with Crippen LogP contribution in [0.1, 0.15) is 25.8 Å². The molecule has 0 saturated heterocycles. The normalized spacial score (nSPS) is 11.9. The molecule has 1 aromatic heterocycles. The Morgan fingerprint density at radius 3 is 2.65 bits per heavy atom. The van der Waals surface area contributed by atoms with E-state index in [0.29, 0.717) is 18.5 Å². The summed E-state index contributed by atoms with van der Waals surface area (Å²) in [6, 6.07) is 9.98. The predicted molar refractivity (Wildman–Crippen MR) is 84.2 cm³/mol. The number of rotatable bonds is 6. The second kappa shape index (κ2) is 7.10. The number of nitrogens with zero attached hydrogens (tertiary/aromatic N) is 2. The van der Waals surface area contributed by atoms with Crippen LogP contribution in [0.25, 0.3) is 0 Å². The summed E-state index contributed by atoms with van der Waals surface area (Å²) in [5.74, 6) is 1.46. The van der Waals surface area contributed by atoms with Gasteiger partial charge in [-0.05, 0) is 37.1 Å².